The van der Waals surface area contributed by atoms with Crippen molar-refractivity contribution in [3.63, 3.8) is 0 Å². The van der Waals surface area contributed by atoms with E-state index in [2.05, 4.69) is 10.3 Å². The van der Waals surface area contributed by atoms with E-state index in [1.807, 2.05) is 37.4 Å². The monoisotopic (exact) mass is 273 g/mol. The largest absolute Gasteiger partial charge is 0.361 e. The zero-order valence-corrected chi connectivity index (χ0v) is 11.8. The highest BCUT2D eigenvalue weighted by Crippen LogP contribution is 2.18. The molecule has 0 unspecified atom stereocenters. The maximum atomic E-state index is 12.3. The number of aromatic nitrogens is 1. The van der Waals surface area contributed by atoms with Gasteiger partial charge in [0.15, 0.2) is 0 Å². The summed E-state index contributed by atoms with van der Waals surface area (Å²) in [5, 5.41) is 3.59. The van der Waals surface area contributed by atoms with E-state index >= 15 is 0 Å². The van der Waals surface area contributed by atoms with Gasteiger partial charge in [-0.3, -0.25) is 9.59 Å². The normalized spacial score (nSPS) is 10.5. The van der Waals surface area contributed by atoms with Gasteiger partial charge >= 0.3 is 0 Å². The van der Waals surface area contributed by atoms with Gasteiger partial charge in [0.25, 0.3) is 0 Å². The topological polar surface area (TPSA) is 65.2 Å². The fraction of sp³-hybridized carbons (Fsp3) is 0.333. The van der Waals surface area contributed by atoms with Gasteiger partial charge in [-0.2, -0.15) is 0 Å². The van der Waals surface area contributed by atoms with Gasteiger partial charge in [-0.1, -0.05) is 18.2 Å². The summed E-state index contributed by atoms with van der Waals surface area (Å²) < 4.78 is 0. The van der Waals surface area contributed by atoms with E-state index in [0.29, 0.717) is 13.0 Å². The van der Waals surface area contributed by atoms with Gasteiger partial charge < -0.3 is 15.2 Å². The fourth-order valence-corrected chi connectivity index (χ4v) is 2.18. The second kappa shape index (κ2) is 6.23. The number of hydrogen-bond acceptors (Lipinski definition) is 2. The second-order valence-corrected chi connectivity index (χ2v) is 4.62. The summed E-state index contributed by atoms with van der Waals surface area (Å²) in [5.41, 5.74) is 1.98. The summed E-state index contributed by atoms with van der Waals surface area (Å²) in [6, 6.07) is 7.87. The molecule has 0 saturated carbocycles. The molecule has 0 aliphatic heterocycles. The van der Waals surface area contributed by atoms with E-state index in [-0.39, 0.29) is 18.4 Å². The number of rotatable bonds is 5. The van der Waals surface area contributed by atoms with Crippen molar-refractivity contribution in [3.05, 3.63) is 36.0 Å². The minimum atomic E-state index is -0.154. The highest BCUT2D eigenvalue weighted by molar-refractivity contribution is 5.90. The third-order valence-electron chi connectivity index (χ3n) is 3.36. The summed E-state index contributed by atoms with van der Waals surface area (Å²) >= 11 is 0. The van der Waals surface area contributed by atoms with E-state index in [0.717, 1.165) is 16.5 Å². The molecule has 0 aliphatic carbocycles. The highest BCUT2D eigenvalue weighted by atomic mass is 16.2. The first-order chi connectivity index (χ1) is 9.65. The Hall–Kier alpha value is -2.30. The third kappa shape index (κ3) is 2.99. The first-order valence-corrected chi connectivity index (χ1v) is 6.69. The fourth-order valence-electron chi connectivity index (χ4n) is 2.18. The zero-order valence-electron chi connectivity index (χ0n) is 11.8. The summed E-state index contributed by atoms with van der Waals surface area (Å²) in [6.45, 7) is 2.50. The first-order valence-electron chi connectivity index (χ1n) is 6.69. The lowest BCUT2D eigenvalue weighted by Crippen LogP contribution is -2.40. The van der Waals surface area contributed by atoms with Crippen molar-refractivity contribution in [2.24, 2.45) is 0 Å². The van der Waals surface area contributed by atoms with E-state index in [1.54, 1.807) is 11.9 Å². The third-order valence-corrected chi connectivity index (χ3v) is 3.36. The molecule has 1 aromatic carbocycles. The van der Waals surface area contributed by atoms with Gasteiger partial charge in [0.05, 0.1) is 13.0 Å². The van der Waals surface area contributed by atoms with E-state index < -0.39 is 0 Å². The highest BCUT2D eigenvalue weighted by Gasteiger charge is 2.16. The van der Waals surface area contributed by atoms with Crippen LogP contribution in [0.3, 0.4) is 0 Å². The van der Waals surface area contributed by atoms with E-state index in [9.17, 15) is 9.59 Å². The molecular formula is C15H19N3O2. The number of likely N-dealkylation sites (N-methyl/N-ethyl adjacent to an activating group) is 2. The molecular weight excluding hydrogens is 254 g/mol. The number of nitrogens with zero attached hydrogens (tertiary/aromatic N) is 1. The molecule has 5 nitrogen and oxygen atoms in total. The smallest absolute Gasteiger partial charge is 0.239 e. The summed E-state index contributed by atoms with van der Waals surface area (Å²) in [7, 11) is 1.57. The average Bonchev–Trinajstić information content (AvgIpc) is 2.87. The minimum Gasteiger partial charge on any atom is -0.361 e. The van der Waals surface area contributed by atoms with Crippen molar-refractivity contribution >= 4 is 22.7 Å². The molecule has 5 heteroatoms. The number of H-pyrrole nitrogens is 1. The molecule has 0 bridgehead atoms. The van der Waals surface area contributed by atoms with Gasteiger partial charge in [0.1, 0.15) is 0 Å². The molecule has 1 heterocycles. The summed E-state index contributed by atoms with van der Waals surface area (Å²) in [5.74, 6) is -0.194. The van der Waals surface area contributed by atoms with Crippen LogP contribution in [0.2, 0.25) is 0 Å². The minimum absolute atomic E-state index is 0.0409. The second-order valence-electron chi connectivity index (χ2n) is 4.62. The number of aromatic amines is 1. The van der Waals surface area contributed by atoms with Crippen LogP contribution in [-0.4, -0.2) is 41.8 Å². The predicted octanol–water partition coefficient (Wildman–Crippen LogP) is 1.30. The standard InChI is InChI=1S/C15H19N3O2/c1-3-18(10-14(19)16-2)15(20)8-11-9-17-13-7-5-4-6-12(11)13/h4-7,9,17H,3,8,10H2,1-2H3,(H,16,19). The number of carbonyl (C=O) groups is 2. The lowest BCUT2D eigenvalue weighted by Gasteiger charge is -2.19. The van der Waals surface area contributed by atoms with Crippen molar-refractivity contribution in [3.8, 4) is 0 Å². The maximum Gasteiger partial charge on any atom is 0.239 e. The van der Waals surface area contributed by atoms with Crippen LogP contribution in [0.4, 0.5) is 0 Å². The van der Waals surface area contributed by atoms with Gasteiger partial charge in [0.2, 0.25) is 11.8 Å². The number of nitrogens with one attached hydrogen (secondary N) is 2. The van der Waals surface area contributed by atoms with Gasteiger partial charge in [-0.15, -0.1) is 0 Å². The Morgan fingerprint density at radius 3 is 2.75 bits per heavy atom. The quantitative estimate of drug-likeness (QED) is 0.862. The Morgan fingerprint density at radius 1 is 1.30 bits per heavy atom. The number of para-hydroxylation sites is 1. The zero-order chi connectivity index (χ0) is 14.5. The molecule has 2 rings (SSSR count). The molecule has 2 aromatic rings. The lowest BCUT2D eigenvalue weighted by atomic mass is 10.1. The molecule has 106 valence electrons. The number of hydrogen-bond donors (Lipinski definition) is 2. The van der Waals surface area contributed by atoms with Crippen LogP contribution >= 0.6 is 0 Å². The molecule has 0 spiro atoms. The molecule has 20 heavy (non-hydrogen) atoms. The Morgan fingerprint density at radius 2 is 2.05 bits per heavy atom. The van der Waals surface area contributed by atoms with Gasteiger partial charge in [0, 0.05) is 30.7 Å². The number of fused-ring (bicyclic) bond motifs is 1. The van der Waals surface area contributed by atoms with Crippen LogP contribution in [-0.2, 0) is 16.0 Å². The van der Waals surface area contributed by atoms with Crippen LogP contribution in [0.15, 0.2) is 30.5 Å². The molecule has 0 atom stereocenters. The van der Waals surface area contributed by atoms with Crippen LogP contribution in [0.1, 0.15) is 12.5 Å². The predicted molar refractivity (Wildman–Crippen MR) is 78.3 cm³/mol. The average molecular weight is 273 g/mol. The van der Waals surface area contributed by atoms with Crippen LogP contribution in [0.5, 0.6) is 0 Å². The molecule has 2 amide bonds. The molecule has 1 aromatic heterocycles. The number of benzene rings is 1. The lowest BCUT2D eigenvalue weighted by molar-refractivity contribution is -0.135. The Labute approximate surface area is 118 Å². The van der Waals surface area contributed by atoms with Gasteiger partial charge in [-0.05, 0) is 18.6 Å². The van der Waals surface area contributed by atoms with Crippen LogP contribution < -0.4 is 5.32 Å². The van der Waals surface area contributed by atoms with Crippen molar-refractivity contribution in [1.29, 1.82) is 0 Å². The summed E-state index contributed by atoms with van der Waals surface area (Å²) in [6.07, 6.45) is 2.16. The Bertz CT molecular complexity index is 618. The molecule has 2 N–H and O–H groups in total. The number of amides is 2. The van der Waals surface area contributed by atoms with Crippen LogP contribution in [0.25, 0.3) is 10.9 Å². The van der Waals surface area contributed by atoms with Crippen molar-refractivity contribution in [2.75, 3.05) is 20.1 Å². The Kier molecular flexibility index (Phi) is 4.40. The molecule has 0 radical (unpaired) electrons. The van der Waals surface area contributed by atoms with E-state index in [1.165, 1.54) is 0 Å². The summed E-state index contributed by atoms with van der Waals surface area (Å²) in [4.78, 5) is 28.4. The van der Waals surface area contributed by atoms with Crippen molar-refractivity contribution in [1.82, 2.24) is 15.2 Å². The first kappa shape index (κ1) is 14.1. The molecule has 0 aliphatic rings. The number of carbonyl (C=O) groups excluding carboxylic acids is 2. The molecule has 0 fully saturated rings. The molecule has 0 saturated heterocycles. The van der Waals surface area contributed by atoms with E-state index in [4.69, 9.17) is 0 Å². The SMILES string of the molecule is CCN(CC(=O)NC)C(=O)Cc1c[nH]c2ccccc12. The van der Waals surface area contributed by atoms with Gasteiger partial charge in [-0.25, -0.2) is 0 Å². The van der Waals surface area contributed by atoms with Crippen molar-refractivity contribution < 1.29 is 9.59 Å². The Balaban J connectivity index is 2.12. The maximum absolute atomic E-state index is 12.3. The van der Waals surface area contributed by atoms with Crippen LogP contribution in [0, 0.1) is 0 Å². The van der Waals surface area contributed by atoms with Crippen molar-refractivity contribution in [2.45, 2.75) is 13.3 Å².